The van der Waals surface area contributed by atoms with Crippen LogP contribution in [-0.4, -0.2) is 10.9 Å². The predicted octanol–water partition coefficient (Wildman–Crippen LogP) is 7.54. The molecule has 0 saturated carbocycles. The number of benzene rings is 4. The normalized spacial score (nSPS) is 11.1. The Morgan fingerprint density at radius 2 is 1.45 bits per heavy atom. The zero-order chi connectivity index (χ0) is 22.8. The van der Waals surface area contributed by atoms with Crippen LogP contribution in [0.1, 0.15) is 35.7 Å². The maximum absolute atomic E-state index is 12.7. The number of oxazole rings is 1. The lowest BCUT2D eigenvalue weighted by Gasteiger charge is -2.07. The molecule has 4 aromatic carbocycles. The fourth-order valence-corrected chi connectivity index (χ4v) is 3.77. The van der Waals surface area contributed by atoms with Gasteiger partial charge in [-0.1, -0.05) is 62.4 Å². The highest BCUT2D eigenvalue weighted by molar-refractivity contribution is 6.04. The molecule has 0 aliphatic heterocycles. The van der Waals surface area contributed by atoms with Gasteiger partial charge in [-0.25, -0.2) is 4.98 Å². The Labute approximate surface area is 192 Å². The van der Waals surface area contributed by atoms with Crippen LogP contribution in [0.4, 0.5) is 5.69 Å². The van der Waals surface area contributed by atoms with Crippen molar-refractivity contribution in [1.82, 2.24) is 4.98 Å². The van der Waals surface area contributed by atoms with E-state index >= 15 is 0 Å². The number of carbonyl (C=O) groups excluding carboxylic acids is 1. The fraction of sp³-hybridized carbons (Fsp3) is 0.103. The van der Waals surface area contributed by atoms with Gasteiger partial charge in [-0.2, -0.15) is 0 Å². The monoisotopic (exact) mass is 432 g/mol. The topological polar surface area (TPSA) is 55.1 Å². The molecule has 0 fully saturated rings. The molecule has 4 heteroatoms. The second-order valence-corrected chi connectivity index (χ2v) is 8.38. The average molecular weight is 433 g/mol. The summed E-state index contributed by atoms with van der Waals surface area (Å²) < 4.78 is 5.93. The first-order chi connectivity index (χ1) is 16.1. The Morgan fingerprint density at radius 3 is 2.15 bits per heavy atom. The predicted molar refractivity (Wildman–Crippen MR) is 133 cm³/mol. The summed E-state index contributed by atoms with van der Waals surface area (Å²) >= 11 is 0. The Bertz CT molecular complexity index is 1400. The molecule has 5 aromatic rings. The molecule has 1 heterocycles. The van der Waals surface area contributed by atoms with Crippen LogP contribution in [0.15, 0.2) is 101 Å². The molecule has 0 aliphatic rings. The lowest BCUT2D eigenvalue weighted by molar-refractivity contribution is 0.102. The average Bonchev–Trinajstić information content (AvgIpc) is 3.28. The van der Waals surface area contributed by atoms with Crippen molar-refractivity contribution in [1.29, 1.82) is 0 Å². The van der Waals surface area contributed by atoms with Crippen molar-refractivity contribution in [3.8, 4) is 22.6 Å². The molecule has 0 aliphatic carbocycles. The van der Waals surface area contributed by atoms with Gasteiger partial charge in [0.1, 0.15) is 5.52 Å². The molecule has 0 radical (unpaired) electrons. The first kappa shape index (κ1) is 20.7. The first-order valence-electron chi connectivity index (χ1n) is 11.0. The van der Waals surface area contributed by atoms with Gasteiger partial charge in [-0.15, -0.1) is 0 Å². The van der Waals surface area contributed by atoms with Gasteiger partial charge < -0.3 is 9.73 Å². The molecule has 1 N–H and O–H groups in total. The lowest BCUT2D eigenvalue weighted by atomic mass is 10.0. The number of nitrogens with zero attached hydrogens (tertiary/aromatic N) is 1. The minimum atomic E-state index is -0.148. The van der Waals surface area contributed by atoms with Crippen LogP contribution in [0.3, 0.4) is 0 Å². The molecule has 5 rings (SSSR count). The first-order valence-corrected chi connectivity index (χ1v) is 11.0. The zero-order valence-corrected chi connectivity index (χ0v) is 18.6. The fourth-order valence-electron chi connectivity index (χ4n) is 3.77. The lowest BCUT2D eigenvalue weighted by Crippen LogP contribution is -2.11. The second kappa shape index (κ2) is 8.75. The van der Waals surface area contributed by atoms with Crippen LogP contribution in [-0.2, 0) is 0 Å². The second-order valence-electron chi connectivity index (χ2n) is 8.38. The van der Waals surface area contributed by atoms with Gasteiger partial charge in [0.05, 0.1) is 0 Å². The van der Waals surface area contributed by atoms with E-state index in [0.29, 0.717) is 23.1 Å². The molecule has 33 heavy (non-hydrogen) atoms. The SMILES string of the molecule is CC(C)c1ccc2oc(-c3ccc(NC(=O)c4ccc(-c5ccccc5)cc4)cc3)nc2c1. The summed E-state index contributed by atoms with van der Waals surface area (Å²) in [5, 5.41) is 2.95. The summed E-state index contributed by atoms with van der Waals surface area (Å²) in [4.78, 5) is 17.3. The van der Waals surface area contributed by atoms with Crippen molar-refractivity contribution < 1.29 is 9.21 Å². The maximum atomic E-state index is 12.7. The molecule has 0 spiro atoms. The molecular weight excluding hydrogens is 408 g/mol. The van der Waals surface area contributed by atoms with Gasteiger partial charge in [0.15, 0.2) is 5.58 Å². The van der Waals surface area contributed by atoms with Gasteiger partial charge in [0.25, 0.3) is 5.91 Å². The summed E-state index contributed by atoms with van der Waals surface area (Å²) in [6.45, 7) is 4.32. The highest BCUT2D eigenvalue weighted by Gasteiger charge is 2.11. The van der Waals surface area contributed by atoms with E-state index in [-0.39, 0.29) is 5.91 Å². The van der Waals surface area contributed by atoms with Gasteiger partial charge in [0, 0.05) is 16.8 Å². The van der Waals surface area contributed by atoms with E-state index in [9.17, 15) is 4.79 Å². The van der Waals surface area contributed by atoms with Gasteiger partial charge >= 0.3 is 0 Å². The number of aromatic nitrogens is 1. The van der Waals surface area contributed by atoms with Crippen LogP contribution >= 0.6 is 0 Å². The van der Waals surface area contributed by atoms with Gasteiger partial charge in [0.2, 0.25) is 5.89 Å². The summed E-state index contributed by atoms with van der Waals surface area (Å²) in [5.74, 6) is 0.859. The third-order valence-corrected chi connectivity index (χ3v) is 5.72. The minimum Gasteiger partial charge on any atom is -0.436 e. The number of rotatable bonds is 5. The van der Waals surface area contributed by atoms with Crippen LogP contribution in [0.5, 0.6) is 0 Å². The zero-order valence-electron chi connectivity index (χ0n) is 18.6. The number of hydrogen-bond acceptors (Lipinski definition) is 3. The van der Waals surface area contributed by atoms with Crippen molar-refractivity contribution in [2.75, 3.05) is 5.32 Å². The van der Waals surface area contributed by atoms with Gasteiger partial charge in [-0.05, 0) is 71.1 Å². The molecular formula is C29H24N2O2. The Morgan fingerprint density at radius 1 is 0.788 bits per heavy atom. The number of anilines is 1. The van der Waals surface area contributed by atoms with Crippen molar-refractivity contribution in [3.05, 3.63) is 108 Å². The standard InChI is InChI=1S/C29H24N2O2/c1-19(2)24-14-17-27-26(18-24)31-29(33-27)23-12-15-25(16-13-23)30-28(32)22-10-8-21(9-11-22)20-6-4-3-5-7-20/h3-19H,1-2H3,(H,30,32). The molecule has 0 saturated heterocycles. The molecule has 162 valence electrons. The molecule has 1 amide bonds. The van der Waals surface area contributed by atoms with Gasteiger partial charge in [-0.3, -0.25) is 4.79 Å². The highest BCUT2D eigenvalue weighted by Crippen LogP contribution is 2.28. The number of nitrogens with one attached hydrogen (secondary N) is 1. The van der Waals surface area contributed by atoms with Crippen LogP contribution in [0, 0.1) is 0 Å². The van der Waals surface area contributed by atoms with Crippen LogP contribution in [0.2, 0.25) is 0 Å². The van der Waals surface area contributed by atoms with Crippen molar-refractivity contribution >= 4 is 22.7 Å². The molecule has 0 atom stereocenters. The Kier molecular flexibility index (Phi) is 5.49. The Hall–Kier alpha value is -4.18. The van der Waals surface area contributed by atoms with Crippen LogP contribution in [0.25, 0.3) is 33.7 Å². The van der Waals surface area contributed by atoms with Crippen LogP contribution < -0.4 is 5.32 Å². The van der Waals surface area contributed by atoms with E-state index in [0.717, 1.165) is 27.8 Å². The third-order valence-electron chi connectivity index (χ3n) is 5.72. The third kappa shape index (κ3) is 4.41. The van der Waals surface area contributed by atoms with E-state index in [4.69, 9.17) is 4.42 Å². The summed E-state index contributed by atoms with van der Waals surface area (Å²) in [5.41, 5.74) is 7.25. The van der Waals surface area contributed by atoms with E-state index in [1.807, 2.05) is 72.8 Å². The van der Waals surface area contributed by atoms with Crippen molar-refractivity contribution in [3.63, 3.8) is 0 Å². The molecule has 1 aromatic heterocycles. The van der Waals surface area contributed by atoms with Crippen molar-refractivity contribution in [2.24, 2.45) is 0 Å². The molecule has 0 bridgehead atoms. The summed E-state index contributed by atoms with van der Waals surface area (Å²) in [7, 11) is 0. The Balaban J connectivity index is 1.30. The van der Waals surface area contributed by atoms with E-state index < -0.39 is 0 Å². The number of carbonyl (C=O) groups is 1. The van der Waals surface area contributed by atoms with E-state index in [1.165, 1.54) is 5.56 Å². The van der Waals surface area contributed by atoms with Crippen molar-refractivity contribution in [2.45, 2.75) is 19.8 Å². The smallest absolute Gasteiger partial charge is 0.255 e. The highest BCUT2D eigenvalue weighted by atomic mass is 16.3. The number of amides is 1. The minimum absolute atomic E-state index is 0.148. The summed E-state index contributed by atoms with van der Waals surface area (Å²) in [6.07, 6.45) is 0. The largest absolute Gasteiger partial charge is 0.436 e. The number of hydrogen-bond donors (Lipinski definition) is 1. The molecule has 0 unspecified atom stereocenters. The molecule has 4 nitrogen and oxygen atoms in total. The van der Waals surface area contributed by atoms with E-state index in [2.05, 4.69) is 48.4 Å². The number of fused-ring (bicyclic) bond motifs is 1. The quantitative estimate of drug-likeness (QED) is 0.312. The van der Waals surface area contributed by atoms with E-state index in [1.54, 1.807) is 0 Å². The maximum Gasteiger partial charge on any atom is 0.255 e. The summed E-state index contributed by atoms with van der Waals surface area (Å²) in [6, 6.07) is 31.4.